The van der Waals surface area contributed by atoms with Crippen LogP contribution >= 0.6 is 0 Å². The van der Waals surface area contributed by atoms with Gasteiger partial charge in [0, 0.05) is 12.6 Å². The van der Waals surface area contributed by atoms with E-state index in [1.165, 1.54) is 0 Å². The van der Waals surface area contributed by atoms with Crippen LogP contribution in [0.1, 0.15) is 46.5 Å². The van der Waals surface area contributed by atoms with Crippen molar-refractivity contribution in [1.29, 1.82) is 0 Å². The molecule has 1 atom stereocenters. The smallest absolute Gasteiger partial charge is 0.326 e. The Hall–Kier alpha value is -1.26. The summed E-state index contributed by atoms with van der Waals surface area (Å²) in [6.07, 6.45) is 3.43. The number of nitrogens with one attached hydrogen (secondary N) is 1. The highest BCUT2D eigenvalue weighted by molar-refractivity contribution is 5.82. The average Bonchev–Trinajstić information content (AvgIpc) is 3.09. The number of hydrogen-bond acceptors (Lipinski definition) is 2. The summed E-state index contributed by atoms with van der Waals surface area (Å²) in [5.41, 5.74) is 0. The van der Waals surface area contributed by atoms with Gasteiger partial charge in [-0.25, -0.2) is 9.59 Å². The first-order chi connectivity index (χ1) is 8.45. The summed E-state index contributed by atoms with van der Waals surface area (Å²) in [6, 6.07) is -0.694. The number of carbonyl (C=O) groups excluding carboxylic acids is 1. The number of carboxylic acids is 1. The zero-order valence-corrected chi connectivity index (χ0v) is 11.5. The summed E-state index contributed by atoms with van der Waals surface area (Å²) < 4.78 is 0. The first-order valence-corrected chi connectivity index (χ1v) is 6.75. The highest BCUT2D eigenvalue weighted by Crippen LogP contribution is 2.27. The van der Waals surface area contributed by atoms with Crippen LogP contribution in [0.3, 0.4) is 0 Å². The molecule has 1 saturated carbocycles. The van der Waals surface area contributed by atoms with Crippen molar-refractivity contribution in [3.63, 3.8) is 0 Å². The molecule has 1 aliphatic rings. The van der Waals surface area contributed by atoms with E-state index < -0.39 is 12.0 Å². The minimum atomic E-state index is -0.967. The van der Waals surface area contributed by atoms with E-state index in [-0.39, 0.29) is 6.03 Å². The second-order valence-corrected chi connectivity index (χ2v) is 5.36. The molecule has 1 rings (SSSR count). The molecular formula is C13H24N2O3. The highest BCUT2D eigenvalue weighted by atomic mass is 16.4. The Balaban J connectivity index is 2.51. The van der Waals surface area contributed by atoms with Gasteiger partial charge in [-0.3, -0.25) is 0 Å². The van der Waals surface area contributed by atoms with Crippen molar-refractivity contribution < 1.29 is 14.7 Å². The summed E-state index contributed by atoms with van der Waals surface area (Å²) in [4.78, 5) is 24.8. The van der Waals surface area contributed by atoms with Crippen molar-refractivity contribution >= 4 is 12.0 Å². The lowest BCUT2D eigenvalue weighted by Crippen LogP contribution is -2.48. The molecule has 1 fully saturated rings. The SMILES string of the molecule is CC[C@@H](NC(=O)N(CCC(C)C)C1CC1)C(=O)O. The van der Waals surface area contributed by atoms with Crippen LogP contribution in [0.2, 0.25) is 0 Å². The third-order valence-electron chi connectivity index (χ3n) is 3.20. The first kappa shape index (κ1) is 14.8. The van der Waals surface area contributed by atoms with Crippen LogP contribution < -0.4 is 5.32 Å². The molecule has 0 bridgehead atoms. The Morgan fingerprint density at radius 2 is 2.00 bits per heavy atom. The van der Waals surface area contributed by atoms with Gasteiger partial charge in [-0.2, -0.15) is 0 Å². The molecule has 0 saturated heterocycles. The number of carbonyl (C=O) groups is 2. The molecule has 0 unspecified atom stereocenters. The van der Waals surface area contributed by atoms with Crippen LogP contribution in [0.25, 0.3) is 0 Å². The molecule has 0 spiro atoms. The van der Waals surface area contributed by atoms with Crippen molar-refractivity contribution in [2.45, 2.75) is 58.5 Å². The number of carboxylic acid groups (broad SMARTS) is 1. The fraction of sp³-hybridized carbons (Fsp3) is 0.846. The average molecular weight is 256 g/mol. The number of urea groups is 1. The fourth-order valence-corrected chi connectivity index (χ4v) is 1.80. The third-order valence-corrected chi connectivity index (χ3v) is 3.20. The Bertz CT molecular complexity index is 301. The minimum Gasteiger partial charge on any atom is -0.480 e. The molecule has 0 aromatic heterocycles. The molecule has 0 radical (unpaired) electrons. The van der Waals surface area contributed by atoms with Gasteiger partial charge in [0.05, 0.1) is 0 Å². The number of rotatable bonds is 7. The molecule has 18 heavy (non-hydrogen) atoms. The maximum atomic E-state index is 12.1. The van der Waals surface area contributed by atoms with E-state index in [1.54, 1.807) is 11.8 Å². The number of amides is 2. The quantitative estimate of drug-likeness (QED) is 0.732. The molecular weight excluding hydrogens is 232 g/mol. The zero-order valence-electron chi connectivity index (χ0n) is 11.5. The monoisotopic (exact) mass is 256 g/mol. The van der Waals surface area contributed by atoms with E-state index in [4.69, 9.17) is 5.11 Å². The van der Waals surface area contributed by atoms with Crippen molar-refractivity contribution in [3.8, 4) is 0 Å². The Labute approximate surface area is 109 Å². The maximum absolute atomic E-state index is 12.1. The first-order valence-electron chi connectivity index (χ1n) is 6.75. The van der Waals surface area contributed by atoms with Crippen molar-refractivity contribution in [2.75, 3.05) is 6.54 Å². The lowest BCUT2D eigenvalue weighted by atomic mass is 10.1. The lowest BCUT2D eigenvalue weighted by Gasteiger charge is -2.25. The standard InChI is InChI=1S/C13H24N2O3/c1-4-11(12(16)17)14-13(18)15(10-5-6-10)8-7-9(2)3/h9-11H,4-8H2,1-3H3,(H,14,18)(H,16,17)/t11-/m1/s1. The van der Waals surface area contributed by atoms with Crippen LogP contribution in [0.4, 0.5) is 4.79 Å². The van der Waals surface area contributed by atoms with Crippen LogP contribution in [-0.4, -0.2) is 40.6 Å². The van der Waals surface area contributed by atoms with Gasteiger partial charge in [0.25, 0.3) is 0 Å². The predicted octanol–water partition coefficient (Wildman–Crippen LogP) is 2.07. The Morgan fingerprint density at radius 1 is 1.39 bits per heavy atom. The minimum absolute atomic E-state index is 0.229. The van der Waals surface area contributed by atoms with Crippen LogP contribution in [0.15, 0.2) is 0 Å². The summed E-state index contributed by atoms with van der Waals surface area (Å²) in [5, 5.41) is 11.5. The molecule has 0 heterocycles. The predicted molar refractivity (Wildman–Crippen MR) is 69.4 cm³/mol. The molecule has 104 valence electrons. The van der Waals surface area contributed by atoms with Gasteiger partial charge >= 0.3 is 12.0 Å². The van der Waals surface area contributed by atoms with Crippen molar-refractivity contribution in [2.24, 2.45) is 5.92 Å². The lowest BCUT2D eigenvalue weighted by molar-refractivity contribution is -0.139. The van der Waals surface area contributed by atoms with Crippen LogP contribution in [-0.2, 0) is 4.79 Å². The van der Waals surface area contributed by atoms with Gasteiger partial charge in [-0.15, -0.1) is 0 Å². The van der Waals surface area contributed by atoms with E-state index in [0.717, 1.165) is 19.3 Å². The molecule has 0 aromatic rings. The van der Waals surface area contributed by atoms with Crippen LogP contribution in [0.5, 0.6) is 0 Å². The zero-order chi connectivity index (χ0) is 13.7. The van der Waals surface area contributed by atoms with Gasteiger partial charge in [0.1, 0.15) is 6.04 Å². The molecule has 2 amide bonds. The maximum Gasteiger partial charge on any atom is 0.326 e. The third kappa shape index (κ3) is 4.55. The summed E-state index contributed by atoms with van der Waals surface area (Å²) in [7, 11) is 0. The number of hydrogen-bond donors (Lipinski definition) is 2. The summed E-state index contributed by atoms with van der Waals surface area (Å²) in [5.74, 6) is -0.425. The molecule has 1 aliphatic carbocycles. The second-order valence-electron chi connectivity index (χ2n) is 5.36. The van der Waals surface area contributed by atoms with Gasteiger partial charge in [0.15, 0.2) is 0 Å². The van der Waals surface area contributed by atoms with E-state index in [2.05, 4.69) is 19.2 Å². The largest absolute Gasteiger partial charge is 0.480 e. The van der Waals surface area contributed by atoms with Gasteiger partial charge in [-0.1, -0.05) is 20.8 Å². The Morgan fingerprint density at radius 3 is 2.39 bits per heavy atom. The van der Waals surface area contributed by atoms with Crippen molar-refractivity contribution in [3.05, 3.63) is 0 Å². The van der Waals surface area contributed by atoms with E-state index in [0.29, 0.717) is 24.9 Å². The van der Waals surface area contributed by atoms with Gasteiger partial charge in [0.2, 0.25) is 0 Å². The fourth-order valence-electron chi connectivity index (χ4n) is 1.80. The Kier molecular flexibility index (Phi) is 5.44. The molecule has 0 aromatic carbocycles. The summed E-state index contributed by atoms with van der Waals surface area (Å²) >= 11 is 0. The highest BCUT2D eigenvalue weighted by Gasteiger charge is 2.33. The van der Waals surface area contributed by atoms with E-state index in [9.17, 15) is 9.59 Å². The summed E-state index contributed by atoms with van der Waals surface area (Å²) in [6.45, 7) is 6.71. The molecule has 5 nitrogen and oxygen atoms in total. The normalized spacial score (nSPS) is 16.4. The van der Waals surface area contributed by atoms with E-state index in [1.807, 2.05) is 0 Å². The molecule has 2 N–H and O–H groups in total. The van der Waals surface area contributed by atoms with Gasteiger partial charge < -0.3 is 15.3 Å². The van der Waals surface area contributed by atoms with E-state index >= 15 is 0 Å². The van der Waals surface area contributed by atoms with Crippen LogP contribution in [0, 0.1) is 5.92 Å². The number of nitrogens with zero attached hydrogens (tertiary/aromatic N) is 1. The van der Waals surface area contributed by atoms with Crippen molar-refractivity contribution in [1.82, 2.24) is 10.2 Å². The second kappa shape index (κ2) is 6.61. The number of aliphatic carboxylic acids is 1. The van der Waals surface area contributed by atoms with Gasteiger partial charge in [-0.05, 0) is 31.6 Å². The molecule has 0 aliphatic heterocycles. The molecule has 5 heteroatoms. The topological polar surface area (TPSA) is 69.6 Å².